The average Bonchev–Trinajstić information content (AvgIpc) is 3.00. The lowest BCUT2D eigenvalue weighted by Gasteiger charge is -2.25. The highest BCUT2D eigenvalue weighted by molar-refractivity contribution is 7.89. The first-order valence-corrected chi connectivity index (χ1v) is 16.4. The van der Waals surface area contributed by atoms with Crippen LogP contribution in [0.3, 0.4) is 0 Å². The van der Waals surface area contributed by atoms with Gasteiger partial charge in [0.25, 0.3) is 0 Å². The quantitative estimate of drug-likeness (QED) is 0.191. The Hall–Kier alpha value is -3.24. The summed E-state index contributed by atoms with van der Waals surface area (Å²) in [6.45, 7) is 6.05. The maximum absolute atomic E-state index is 13.0. The van der Waals surface area contributed by atoms with Crippen LogP contribution in [0.1, 0.15) is 49.8 Å². The summed E-state index contributed by atoms with van der Waals surface area (Å²) in [5.41, 5.74) is 3.08. The van der Waals surface area contributed by atoms with Crippen LogP contribution < -0.4 is 15.4 Å². The van der Waals surface area contributed by atoms with Crippen molar-refractivity contribution < 1.29 is 23.1 Å². The van der Waals surface area contributed by atoms with Gasteiger partial charge in [0.1, 0.15) is 12.4 Å². The fourth-order valence-corrected chi connectivity index (χ4v) is 6.24. The van der Waals surface area contributed by atoms with Crippen molar-refractivity contribution in [2.24, 2.45) is 0 Å². The number of hydrogen-bond acceptors (Lipinski definition) is 6. The molecule has 0 fully saturated rings. The molecule has 42 heavy (non-hydrogen) atoms. The summed E-state index contributed by atoms with van der Waals surface area (Å²) >= 11 is 0. The van der Waals surface area contributed by atoms with Gasteiger partial charge in [-0.25, -0.2) is 12.7 Å². The number of nitrogens with one attached hydrogen (secondary N) is 2. The first kappa shape index (κ1) is 33.3. The van der Waals surface area contributed by atoms with Gasteiger partial charge in [-0.2, -0.15) is 0 Å². The minimum Gasteiger partial charge on any atom is -0.489 e. The van der Waals surface area contributed by atoms with Gasteiger partial charge in [0, 0.05) is 32.6 Å². The van der Waals surface area contributed by atoms with Gasteiger partial charge in [-0.05, 0) is 48.1 Å². The molecule has 0 saturated heterocycles. The van der Waals surface area contributed by atoms with Crippen LogP contribution >= 0.6 is 0 Å². The minimum absolute atomic E-state index is 0.167. The van der Waals surface area contributed by atoms with Crippen LogP contribution in [0.5, 0.6) is 5.75 Å². The molecule has 3 aromatic carbocycles. The lowest BCUT2D eigenvalue weighted by molar-refractivity contribution is -0.122. The van der Waals surface area contributed by atoms with Crippen molar-refractivity contribution in [2.45, 2.75) is 64.8 Å². The summed E-state index contributed by atoms with van der Waals surface area (Å²) in [7, 11) is -3.55. The summed E-state index contributed by atoms with van der Waals surface area (Å²) in [4.78, 5) is 13.0. The zero-order chi connectivity index (χ0) is 30.2. The van der Waals surface area contributed by atoms with Crippen molar-refractivity contribution in [3.8, 4) is 5.75 Å². The lowest BCUT2D eigenvalue weighted by Crippen LogP contribution is -2.49. The lowest BCUT2D eigenvalue weighted by atomic mass is 10.0. The number of aliphatic hydroxyl groups is 1. The van der Waals surface area contributed by atoms with Gasteiger partial charge in [-0.1, -0.05) is 86.6 Å². The smallest absolute Gasteiger partial charge is 0.221 e. The molecule has 0 aliphatic heterocycles. The maximum Gasteiger partial charge on any atom is 0.221 e. The maximum atomic E-state index is 13.0. The molecule has 0 aromatic heterocycles. The molecule has 8 nitrogen and oxygen atoms in total. The standard InChI is InChI=1S/C33H45N3O5S/c1-3-20-36(21-4-2)42(39,40)22-19-33(38)35-31(32(37)25-34-24-28-11-7-5-8-12-28)23-27-15-17-30(18-16-27)41-26-29-13-9-6-10-14-29/h5-18,31-32,34,37H,3-4,19-26H2,1-2H3,(H,35,38)/t31-,32+/m0/s1. The zero-order valence-electron chi connectivity index (χ0n) is 24.7. The molecule has 9 heteroatoms. The van der Waals surface area contributed by atoms with E-state index in [1.165, 1.54) is 4.31 Å². The summed E-state index contributed by atoms with van der Waals surface area (Å²) in [5, 5.41) is 17.3. The number of ether oxygens (including phenoxy) is 1. The SMILES string of the molecule is CCCN(CCC)S(=O)(=O)CCC(=O)N[C@@H](Cc1ccc(OCc2ccccc2)cc1)[C@H](O)CNCc1ccccc1. The highest BCUT2D eigenvalue weighted by atomic mass is 32.2. The van der Waals surface area contributed by atoms with E-state index in [0.29, 0.717) is 45.5 Å². The number of sulfonamides is 1. The number of aliphatic hydroxyl groups excluding tert-OH is 1. The zero-order valence-corrected chi connectivity index (χ0v) is 25.6. The molecule has 2 atom stereocenters. The number of carbonyl (C=O) groups is 1. The third-order valence-electron chi connectivity index (χ3n) is 6.89. The van der Waals surface area contributed by atoms with Crippen LogP contribution in [0.15, 0.2) is 84.9 Å². The number of benzene rings is 3. The van der Waals surface area contributed by atoms with Crippen LogP contribution in [0.25, 0.3) is 0 Å². The van der Waals surface area contributed by atoms with Crippen molar-refractivity contribution in [3.63, 3.8) is 0 Å². The van der Waals surface area contributed by atoms with E-state index in [1.54, 1.807) is 0 Å². The summed E-state index contributed by atoms with van der Waals surface area (Å²) in [5.74, 6) is 0.0603. The Morgan fingerprint density at radius 3 is 2.05 bits per heavy atom. The Bertz CT molecular complexity index is 1280. The van der Waals surface area contributed by atoms with E-state index in [-0.39, 0.29) is 18.7 Å². The highest BCUT2D eigenvalue weighted by Crippen LogP contribution is 2.16. The van der Waals surface area contributed by atoms with Gasteiger partial charge in [-0.15, -0.1) is 0 Å². The third kappa shape index (κ3) is 11.6. The van der Waals surface area contributed by atoms with Crippen LogP contribution in [-0.4, -0.2) is 61.3 Å². The van der Waals surface area contributed by atoms with E-state index in [4.69, 9.17) is 4.74 Å². The van der Waals surface area contributed by atoms with E-state index in [9.17, 15) is 18.3 Å². The molecule has 3 aromatic rings. The van der Waals surface area contributed by atoms with Crippen molar-refractivity contribution in [3.05, 3.63) is 102 Å². The van der Waals surface area contributed by atoms with Gasteiger partial charge in [0.15, 0.2) is 0 Å². The second kappa shape index (κ2) is 17.7. The topological polar surface area (TPSA) is 108 Å². The van der Waals surface area contributed by atoms with Crippen LogP contribution in [0.4, 0.5) is 0 Å². The summed E-state index contributed by atoms with van der Waals surface area (Å²) < 4.78 is 33.1. The molecular formula is C33H45N3O5S. The Morgan fingerprint density at radius 1 is 0.857 bits per heavy atom. The van der Waals surface area contributed by atoms with Gasteiger partial charge in [-0.3, -0.25) is 4.79 Å². The number of amides is 1. The molecular weight excluding hydrogens is 550 g/mol. The summed E-state index contributed by atoms with van der Waals surface area (Å²) in [6, 6.07) is 26.8. The first-order valence-electron chi connectivity index (χ1n) is 14.8. The van der Waals surface area contributed by atoms with E-state index in [1.807, 2.05) is 98.8 Å². The number of carbonyl (C=O) groups excluding carboxylic acids is 1. The molecule has 3 rings (SSSR count). The Balaban J connectivity index is 1.62. The van der Waals surface area contributed by atoms with Crippen LogP contribution in [0.2, 0.25) is 0 Å². The molecule has 0 aliphatic carbocycles. The largest absolute Gasteiger partial charge is 0.489 e. The summed E-state index contributed by atoms with van der Waals surface area (Å²) in [6.07, 6.45) is 0.750. The van der Waals surface area contributed by atoms with Crippen molar-refractivity contribution in [2.75, 3.05) is 25.4 Å². The molecule has 1 amide bonds. The van der Waals surface area contributed by atoms with Gasteiger partial charge in [0.05, 0.1) is 17.9 Å². The Labute approximate surface area is 251 Å². The molecule has 0 heterocycles. The molecule has 0 radical (unpaired) electrons. The predicted octanol–water partition coefficient (Wildman–Crippen LogP) is 4.29. The van der Waals surface area contributed by atoms with Crippen molar-refractivity contribution in [1.82, 2.24) is 14.9 Å². The molecule has 228 valence electrons. The second-order valence-electron chi connectivity index (χ2n) is 10.4. The van der Waals surface area contributed by atoms with Crippen molar-refractivity contribution in [1.29, 1.82) is 0 Å². The van der Waals surface area contributed by atoms with Crippen molar-refractivity contribution >= 4 is 15.9 Å². The van der Waals surface area contributed by atoms with E-state index < -0.39 is 28.1 Å². The molecule has 0 unspecified atom stereocenters. The normalized spacial score (nSPS) is 13.0. The van der Waals surface area contributed by atoms with E-state index >= 15 is 0 Å². The molecule has 0 spiro atoms. The fourth-order valence-electron chi connectivity index (χ4n) is 4.62. The van der Waals surface area contributed by atoms with Gasteiger partial charge < -0.3 is 20.5 Å². The molecule has 3 N–H and O–H groups in total. The Morgan fingerprint density at radius 2 is 1.45 bits per heavy atom. The van der Waals surface area contributed by atoms with E-state index in [0.717, 1.165) is 22.4 Å². The molecule has 0 saturated carbocycles. The number of nitrogens with zero attached hydrogens (tertiary/aromatic N) is 1. The van der Waals surface area contributed by atoms with Gasteiger partial charge in [0.2, 0.25) is 15.9 Å². The van der Waals surface area contributed by atoms with E-state index in [2.05, 4.69) is 10.6 Å². The monoisotopic (exact) mass is 595 g/mol. The molecule has 0 aliphatic rings. The predicted molar refractivity (Wildman–Crippen MR) is 168 cm³/mol. The van der Waals surface area contributed by atoms with Gasteiger partial charge >= 0.3 is 0 Å². The molecule has 0 bridgehead atoms. The number of rotatable bonds is 19. The number of hydrogen-bond donors (Lipinski definition) is 3. The minimum atomic E-state index is -3.55. The average molecular weight is 596 g/mol. The Kier molecular flexibility index (Phi) is 14.0. The second-order valence-corrected chi connectivity index (χ2v) is 12.5. The fraction of sp³-hybridized carbons (Fsp3) is 0.424. The van der Waals surface area contributed by atoms with Crippen LogP contribution in [-0.2, 0) is 34.4 Å². The first-order chi connectivity index (χ1) is 20.3. The van der Waals surface area contributed by atoms with Crippen LogP contribution in [0, 0.1) is 0 Å². The third-order valence-corrected chi connectivity index (χ3v) is 8.76. The highest BCUT2D eigenvalue weighted by Gasteiger charge is 2.25.